The second-order valence-corrected chi connectivity index (χ2v) is 4.58. The van der Waals surface area contributed by atoms with Crippen LogP contribution in [0.25, 0.3) is 22.5 Å². The Bertz CT molecular complexity index is 727. The van der Waals surface area contributed by atoms with Gasteiger partial charge in [-0.1, -0.05) is 0 Å². The van der Waals surface area contributed by atoms with Crippen LogP contribution in [-0.4, -0.2) is 15.2 Å². The second kappa shape index (κ2) is 3.35. The molecule has 0 unspecified atom stereocenters. The van der Waals surface area contributed by atoms with E-state index in [4.69, 9.17) is 10.2 Å². The summed E-state index contributed by atoms with van der Waals surface area (Å²) < 4.78 is 5.47. The van der Waals surface area contributed by atoms with Crippen molar-refractivity contribution in [1.82, 2.24) is 15.2 Å². The highest BCUT2D eigenvalue weighted by Gasteiger charge is 2.24. The number of aromatic nitrogens is 3. The maximum absolute atomic E-state index is 5.94. The maximum atomic E-state index is 5.94. The van der Waals surface area contributed by atoms with E-state index in [0.717, 1.165) is 36.1 Å². The van der Waals surface area contributed by atoms with Crippen molar-refractivity contribution in [3.8, 4) is 11.5 Å². The highest BCUT2D eigenvalue weighted by Crippen LogP contribution is 2.37. The number of nitrogens with two attached hydrogens (primary N) is 1. The minimum Gasteiger partial charge on any atom is -0.463 e. The van der Waals surface area contributed by atoms with E-state index in [9.17, 15) is 0 Å². The Labute approximate surface area is 103 Å². The molecule has 0 fully saturated rings. The molecule has 0 aliphatic heterocycles. The van der Waals surface area contributed by atoms with Gasteiger partial charge in [-0.05, 0) is 42.5 Å². The topological polar surface area (TPSA) is 80.7 Å². The lowest BCUT2D eigenvalue weighted by Gasteiger charge is -2.06. The number of pyridine rings is 1. The first kappa shape index (κ1) is 9.70. The molecule has 18 heavy (non-hydrogen) atoms. The summed E-state index contributed by atoms with van der Waals surface area (Å²) >= 11 is 0. The fourth-order valence-electron chi connectivity index (χ4n) is 2.80. The summed E-state index contributed by atoms with van der Waals surface area (Å²) in [6.45, 7) is 0. The minimum atomic E-state index is 0.613. The van der Waals surface area contributed by atoms with Crippen LogP contribution in [0, 0.1) is 0 Å². The normalized spacial score (nSPS) is 14.2. The fraction of sp³-hybridized carbons (Fsp3) is 0.231. The van der Waals surface area contributed by atoms with Crippen LogP contribution in [0.2, 0.25) is 0 Å². The Morgan fingerprint density at radius 3 is 3.00 bits per heavy atom. The van der Waals surface area contributed by atoms with Gasteiger partial charge in [0.15, 0.2) is 11.4 Å². The molecule has 0 saturated heterocycles. The summed E-state index contributed by atoms with van der Waals surface area (Å²) in [4.78, 5) is 4.59. The van der Waals surface area contributed by atoms with E-state index in [1.807, 2.05) is 12.1 Å². The van der Waals surface area contributed by atoms with Gasteiger partial charge in [-0.2, -0.15) is 5.10 Å². The van der Waals surface area contributed by atoms with Crippen molar-refractivity contribution in [2.24, 2.45) is 0 Å². The molecule has 3 aromatic heterocycles. The molecule has 0 spiro atoms. The van der Waals surface area contributed by atoms with Crippen molar-refractivity contribution in [3.63, 3.8) is 0 Å². The van der Waals surface area contributed by atoms with Crippen LogP contribution in [-0.2, 0) is 12.8 Å². The smallest absolute Gasteiger partial charge is 0.184 e. The molecule has 1 aliphatic rings. The third-order valence-electron chi connectivity index (χ3n) is 3.55. The third-order valence-corrected chi connectivity index (χ3v) is 3.55. The van der Waals surface area contributed by atoms with E-state index in [2.05, 4.69) is 15.2 Å². The van der Waals surface area contributed by atoms with Crippen molar-refractivity contribution >= 4 is 16.9 Å². The van der Waals surface area contributed by atoms with Gasteiger partial charge in [-0.3, -0.25) is 5.10 Å². The number of hydrogen-bond donors (Lipinski definition) is 2. The molecule has 0 aromatic carbocycles. The SMILES string of the molecule is Nc1[nH]nc2nc(-c3ccco3)c3c(c12)CCC3. The van der Waals surface area contributed by atoms with Crippen molar-refractivity contribution in [1.29, 1.82) is 0 Å². The van der Waals surface area contributed by atoms with Gasteiger partial charge in [0.2, 0.25) is 0 Å². The fourth-order valence-corrected chi connectivity index (χ4v) is 2.80. The molecule has 90 valence electrons. The number of nitrogens with zero attached hydrogens (tertiary/aromatic N) is 2. The highest BCUT2D eigenvalue weighted by molar-refractivity contribution is 5.92. The molecule has 0 atom stereocenters. The van der Waals surface area contributed by atoms with Crippen LogP contribution in [0.1, 0.15) is 17.5 Å². The summed E-state index contributed by atoms with van der Waals surface area (Å²) in [5, 5.41) is 7.96. The molecule has 5 heteroatoms. The Morgan fingerprint density at radius 2 is 2.17 bits per heavy atom. The van der Waals surface area contributed by atoms with Gasteiger partial charge >= 0.3 is 0 Å². The molecular formula is C13H12N4O. The predicted molar refractivity (Wildman–Crippen MR) is 68.0 cm³/mol. The molecule has 1 aliphatic carbocycles. The zero-order chi connectivity index (χ0) is 12.1. The van der Waals surface area contributed by atoms with Crippen molar-refractivity contribution in [2.45, 2.75) is 19.3 Å². The van der Waals surface area contributed by atoms with Crippen LogP contribution in [0.15, 0.2) is 22.8 Å². The van der Waals surface area contributed by atoms with E-state index in [-0.39, 0.29) is 0 Å². The van der Waals surface area contributed by atoms with E-state index >= 15 is 0 Å². The summed E-state index contributed by atoms with van der Waals surface area (Å²) in [6, 6.07) is 3.81. The molecule has 3 aromatic rings. The first-order chi connectivity index (χ1) is 8.84. The Balaban J connectivity index is 2.11. The molecular weight excluding hydrogens is 228 g/mol. The first-order valence-corrected chi connectivity index (χ1v) is 6.04. The number of furan rings is 1. The lowest BCUT2D eigenvalue weighted by atomic mass is 10.0. The average molecular weight is 240 g/mol. The van der Waals surface area contributed by atoms with Crippen LogP contribution in [0.3, 0.4) is 0 Å². The monoisotopic (exact) mass is 240 g/mol. The summed E-state index contributed by atoms with van der Waals surface area (Å²) in [7, 11) is 0. The van der Waals surface area contributed by atoms with Gasteiger partial charge < -0.3 is 10.2 Å². The maximum Gasteiger partial charge on any atom is 0.184 e. The van der Waals surface area contributed by atoms with Gasteiger partial charge in [-0.25, -0.2) is 4.98 Å². The Hall–Kier alpha value is -2.30. The third kappa shape index (κ3) is 1.16. The number of aromatic amines is 1. The largest absolute Gasteiger partial charge is 0.463 e. The van der Waals surface area contributed by atoms with E-state index in [0.29, 0.717) is 11.5 Å². The van der Waals surface area contributed by atoms with Gasteiger partial charge in [0, 0.05) is 0 Å². The number of rotatable bonds is 1. The van der Waals surface area contributed by atoms with Crippen molar-refractivity contribution in [3.05, 3.63) is 29.5 Å². The van der Waals surface area contributed by atoms with Gasteiger partial charge in [-0.15, -0.1) is 0 Å². The summed E-state index contributed by atoms with van der Waals surface area (Å²) in [5.74, 6) is 1.42. The lowest BCUT2D eigenvalue weighted by molar-refractivity contribution is 0.579. The van der Waals surface area contributed by atoms with Crippen LogP contribution in [0.4, 0.5) is 5.82 Å². The molecule has 3 heterocycles. The number of anilines is 1. The number of fused-ring (bicyclic) bond motifs is 3. The molecule has 3 N–H and O–H groups in total. The van der Waals surface area contributed by atoms with Crippen LogP contribution < -0.4 is 5.73 Å². The summed E-state index contributed by atoms with van der Waals surface area (Å²) in [5.41, 5.74) is 10.1. The number of hydrogen-bond acceptors (Lipinski definition) is 4. The van der Waals surface area contributed by atoms with Gasteiger partial charge in [0.1, 0.15) is 11.5 Å². The molecule has 0 amide bonds. The van der Waals surface area contributed by atoms with Crippen molar-refractivity contribution in [2.75, 3.05) is 5.73 Å². The number of aryl methyl sites for hydroxylation is 1. The zero-order valence-corrected chi connectivity index (χ0v) is 9.73. The van der Waals surface area contributed by atoms with Gasteiger partial charge in [0.05, 0.1) is 11.6 Å². The number of H-pyrrole nitrogens is 1. The highest BCUT2D eigenvalue weighted by atomic mass is 16.3. The van der Waals surface area contributed by atoms with Crippen molar-refractivity contribution < 1.29 is 4.42 Å². The van der Waals surface area contributed by atoms with Gasteiger partial charge in [0.25, 0.3) is 0 Å². The Kier molecular flexibility index (Phi) is 1.81. The zero-order valence-electron chi connectivity index (χ0n) is 9.73. The van der Waals surface area contributed by atoms with E-state index < -0.39 is 0 Å². The standard InChI is InChI=1S/C13H12N4O/c14-12-10-7-3-1-4-8(7)11(9-5-2-6-18-9)15-13(10)17-16-12/h2,5-6H,1,3-4H2,(H3,14,15,16,17). The average Bonchev–Trinajstić information content (AvgIpc) is 3.06. The number of nitrogen functional groups attached to an aromatic ring is 1. The molecule has 4 rings (SSSR count). The van der Waals surface area contributed by atoms with E-state index in [1.165, 1.54) is 11.1 Å². The second-order valence-electron chi connectivity index (χ2n) is 4.58. The number of nitrogens with one attached hydrogen (secondary N) is 1. The predicted octanol–water partition coefficient (Wildman–Crippen LogP) is 2.29. The first-order valence-electron chi connectivity index (χ1n) is 6.04. The molecule has 0 radical (unpaired) electrons. The van der Waals surface area contributed by atoms with Crippen LogP contribution in [0.5, 0.6) is 0 Å². The molecule has 0 saturated carbocycles. The van der Waals surface area contributed by atoms with E-state index in [1.54, 1.807) is 6.26 Å². The minimum absolute atomic E-state index is 0.613. The molecule has 5 nitrogen and oxygen atoms in total. The molecule has 0 bridgehead atoms. The summed E-state index contributed by atoms with van der Waals surface area (Å²) in [6.07, 6.45) is 4.86. The van der Waals surface area contributed by atoms with Crippen LogP contribution >= 0.6 is 0 Å². The lowest BCUT2D eigenvalue weighted by Crippen LogP contribution is -1.95. The Morgan fingerprint density at radius 1 is 1.28 bits per heavy atom. The quantitative estimate of drug-likeness (QED) is 0.683.